The van der Waals surface area contributed by atoms with E-state index in [4.69, 9.17) is 5.73 Å². The molecule has 0 fully saturated rings. The first kappa shape index (κ1) is 14.5. The minimum absolute atomic E-state index is 0.132. The molecule has 0 rings (SSSR count). The average molecular weight is 241 g/mol. The molecule has 3 nitrogen and oxygen atoms in total. The molecule has 0 heterocycles. The second kappa shape index (κ2) is 6.89. The van der Waals surface area contributed by atoms with Crippen molar-refractivity contribution in [1.82, 2.24) is 0 Å². The SMILES string of the molecule is C=C/C(OC(F)(F)F)=C(F)\C=C\OCCN. The average Bonchev–Trinajstić information content (AvgIpc) is 2.19. The van der Waals surface area contributed by atoms with Gasteiger partial charge in [-0.05, 0) is 6.08 Å². The highest BCUT2D eigenvalue weighted by Gasteiger charge is 2.32. The zero-order chi connectivity index (χ0) is 12.6. The summed E-state index contributed by atoms with van der Waals surface area (Å²) in [5, 5.41) is 0. The van der Waals surface area contributed by atoms with Crippen LogP contribution >= 0.6 is 0 Å². The van der Waals surface area contributed by atoms with E-state index in [1.807, 2.05) is 0 Å². The van der Waals surface area contributed by atoms with Crippen LogP contribution in [0, 0.1) is 0 Å². The molecule has 0 aromatic carbocycles. The minimum atomic E-state index is -4.97. The highest BCUT2D eigenvalue weighted by Crippen LogP contribution is 2.23. The molecule has 0 aromatic rings. The lowest BCUT2D eigenvalue weighted by molar-refractivity contribution is -0.304. The number of ether oxygens (including phenoxy) is 2. The molecule has 0 unspecified atom stereocenters. The molecule has 2 N–H and O–H groups in total. The maximum Gasteiger partial charge on any atom is 0.573 e. The molecular weight excluding hydrogens is 230 g/mol. The van der Waals surface area contributed by atoms with Gasteiger partial charge in [0, 0.05) is 12.6 Å². The Bertz CT molecular complexity index is 284. The van der Waals surface area contributed by atoms with Crippen LogP contribution in [0.2, 0.25) is 0 Å². The summed E-state index contributed by atoms with van der Waals surface area (Å²) < 4.78 is 56.3. The van der Waals surface area contributed by atoms with Gasteiger partial charge in [-0.3, -0.25) is 0 Å². The Morgan fingerprint density at radius 1 is 1.38 bits per heavy atom. The Kier molecular flexibility index (Phi) is 6.24. The van der Waals surface area contributed by atoms with E-state index in [1.54, 1.807) is 0 Å². The fraction of sp³-hybridized carbons (Fsp3) is 0.333. The molecule has 0 aliphatic carbocycles. The zero-order valence-corrected chi connectivity index (χ0v) is 8.26. The molecular formula is C9H11F4NO2. The van der Waals surface area contributed by atoms with E-state index >= 15 is 0 Å². The molecule has 0 aliphatic heterocycles. The van der Waals surface area contributed by atoms with Crippen LogP contribution in [0.1, 0.15) is 0 Å². The lowest BCUT2D eigenvalue weighted by Crippen LogP contribution is -2.12. The molecule has 0 aliphatic rings. The fourth-order valence-corrected chi connectivity index (χ4v) is 0.639. The van der Waals surface area contributed by atoms with Crippen molar-refractivity contribution in [2.75, 3.05) is 13.2 Å². The summed E-state index contributed by atoms with van der Waals surface area (Å²) in [6.45, 7) is 3.34. The van der Waals surface area contributed by atoms with E-state index in [1.165, 1.54) is 0 Å². The van der Waals surface area contributed by atoms with E-state index in [9.17, 15) is 17.6 Å². The molecule has 16 heavy (non-hydrogen) atoms. The van der Waals surface area contributed by atoms with E-state index in [0.717, 1.165) is 6.26 Å². The van der Waals surface area contributed by atoms with Crippen LogP contribution in [-0.4, -0.2) is 19.5 Å². The van der Waals surface area contributed by atoms with Crippen molar-refractivity contribution in [3.63, 3.8) is 0 Å². The zero-order valence-electron chi connectivity index (χ0n) is 8.26. The first-order chi connectivity index (χ1) is 7.40. The van der Waals surface area contributed by atoms with Gasteiger partial charge in [-0.25, -0.2) is 4.39 Å². The third-order valence-electron chi connectivity index (χ3n) is 1.19. The van der Waals surface area contributed by atoms with Crippen LogP contribution < -0.4 is 5.73 Å². The highest BCUT2D eigenvalue weighted by molar-refractivity contribution is 5.22. The smallest absolute Gasteiger partial charge is 0.500 e. The highest BCUT2D eigenvalue weighted by atomic mass is 19.4. The number of nitrogens with two attached hydrogens (primary N) is 1. The van der Waals surface area contributed by atoms with E-state index in [-0.39, 0.29) is 13.2 Å². The third-order valence-corrected chi connectivity index (χ3v) is 1.19. The summed E-state index contributed by atoms with van der Waals surface area (Å²) in [5.74, 6) is -2.27. The van der Waals surface area contributed by atoms with Gasteiger partial charge in [0.05, 0.1) is 12.9 Å². The van der Waals surface area contributed by atoms with Gasteiger partial charge in [-0.2, -0.15) is 0 Å². The number of halogens is 4. The Morgan fingerprint density at radius 2 is 2.00 bits per heavy atom. The molecule has 0 spiro atoms. The molecule has 0 saturated heterocycles. The molecule has 0 atom stereocenters. The third kappa shape index (κ3) is 6.88. The molecule has 0 radical (unpaired) electrons. The quantitative estimate of drug-likeness (QED) is 0.336. The predicted molar refractivity (Wildman–Crippen MR) is 49.6 cm³/mol. The Balaban J connectivity index is 4.49. The number of allylic oxidation sites excluding steroid dienone is 3. The maximum absolute atomic E-state index is 13.0. The Labute approximate surface area is 89.8 Å². The van der Waals surface area contributed by atoms with E-state index in [2.05, 4.69) is 16.1 Å². The largest absolute Gasteiger partial charge is 0.573 e. The normalized spacial score (nSPS) is 13.6. The van der Waals surface area contributed by atoms with Crippen molar-refractivity contribution >= 4 is 0 Å². The van der Waals surface area contributed by atoms with Crippen molar-refractivity contribution in [3.8, 4) is 0 Å². The Morgan fingerprint density at radius 3 is 2.44 bits per heavy atom. The molecule has 0 aromatic heterocycles. The van der Waals surface area contributed by atoms with Crippen LogP contribution in [0.15, 0.2) is 36.6 Å². The number of hydrogen-bond donors (Lipinski definition) is 1. The van der Waals surface area contributed by atoms with Crippen molar-refractivity contribution in [1.29, 1.82) is 0 Å². The molecule has 92 valence electrons. The summed E-state index contributed by atoms with van der Waals surface area (Å²) in [5.41, 5.74) is 5.06. The van der Waals surface area contributed by atoms with Gasteiger partial charge >= 0.3 is 6.36 Å². The Hall–Kier alpha value is -1.50. The molecule has 0 bridgehead atoms. The lowest BCUT2D eigenvalue weighted by Gasteiger charge is -2.09. The van der Waals surface area contributed by atoms with Crippen LogP contribution in [0.25, 0.3) is 0 Å². The maximum atomic E-state index is 13.0. The first-order valence-electron chi connectivity index (χ1n) is 4.17. The number of hydrogen-bond acceptors (Lipinski definition) is 3. The monoisotopic (exact) mass is 241 g/mol. The summed E-state index contributed by atoms with van der Waals surface area (Å²) in [7, 11) is 0. The van der Waals surface area contributed by atoms with Crippen molar-refractivity contribution in [2.24, 2.45) is 5.73 Å². The summed E-state index contributed by atoms with van der Waals surface area (Å²) in [4.78, 5) is 0. The molecule has 0 amide bonds. The lowest BCUT2D eigenvalue weighted by atomic mass is 10.4. The second-order valence-corrected chi connectivity index (χ2v) is 2.43. The van der Waals surface area contributed by atoms with Gasteiger partial charge in [0.15, 0.2) is 11.6 Å². The van der Waals surface area contributed by atoms with Gasteiger partial charge in [0.2, 0.25) is 0 Å². The first-order valence-corrected chi connectivity index (χ1v) is 4.17. The second-order valence-electron chi connectivity index (χ2n) is 2.43. The summed E-state index contributed by atoms with van der Waals surface area (Å²) >= 11 is 0. The topological polar surface area (TPSA) is 44.5 Å². The standard InChI is InChI=1S/C9H11F4NO2/c1-2-8(16-9(11,12)13)7(10)3-5-15-6-4-14/h2-3,5H,1,4,6,14H2/b5-3+,8-7-. The summed E-state index contributed by atoms with van der Waals surface area (Å²) in [6.07, 6.45) is -2.80. The van der Waals surface area contributed by atoms with Crippen molar-refractivity contribution < 1.29 is 27.0 Å². The van der Waals surface area contributed by atoms with Crippen LogP contribution in [-0.2, 0) is 9.47 Å². The van der Waals surface area contributed by atoms with Crippen LogP contribution in [0.3, 0.4) is 0 Å². The number of alkyl halides is 3. The van der Waals surface area contributed by atoms with Gasteiger partial charge < -0.3 is 15.2 Å². The summed E-state index contributed by atoms with van der Waals surface area (Å²) in [6, 6.07) is 0. The van der Waals surface area contributed by atoms with E-state index in [0.29, 0.717) is 12.2 Å². The van der Waals surface area contributed by atoms with Gasteiger partial charge in [0.1, 0.15) is 0 Å². The molecule has 0 saturated carbocycles. The van der Waals surface area contributed by atoms with Gasteiger partial charge in [-0.15, -0.1) is 13.2 Å². The predicted octanol–water partition coefficient (Wildman–Crippen LogP) is 2.38. The number of rotatable bonds is 6. The van der Waals surface area contributed by atoms with Crippen molar-refractivity contribution in [3.05, 3.63) is 36.6 Å². The van der Waals surface area contributed by atoms with Crippen molar-refractivity contribution in [2.45, 2.75) is 6.36 Å². The van der Waals surface area contributed by atoms with E-state index < -0.39 is 17.9 Å². The molecule has 7 heteroatoms. The minimum Gasteiger partial charge on any atom is -0.500 e. The fourth-order valence-electron chi connectivity index (χ4n) is 0.639. The van der Waals surface area contributed by atoms with Crippen LogP contribution in [0.4, 0.5) is 17.6 Å². The van der Waals surface area contributed by atoms with Gasteiger partial charge in [-0.1, -0.05) is 6.58 Å². The van der Waals surface area contributed by atoms with Gasteiger partial charge in [0.25, 0.3) is 0 Å². The van der Waals surface area contributed by atoms with Crippen LogP contribution in [0.5, 0.6) is 0 Å².